The number of nitrogens with one attached hydrogen (secondary N) is 1. The lowest BCUT2D eigenvalue weighted by Crippen LogP contribution is -2.28. The van der Waals surface area contributed by atoms with E-state index in [-0.39, 0.29) is 10.8 Å². The fraction of sp³-hybridized carbons (Fsp3) is 0.588. The van der Waals surface area contributed by atoms with Crippen molar-refractivity contribution < 1.29 is 13.2 Å². The van der Waals surface area contributed by atoms with Crippen LogP contribution >= 0.6 is 23.4 Å². The van der Waals surface area contributed by atoms with Gasteiger partial charge in [-0.15, -0.1) is 11.8 Å². The summed E-state index contributed by atoms with van der Waals surface area (Å²) in [5.74, 6) is 0.221. The van der Waals surface area contributed by atoms with E-state index in [0.717, 1.165) is 12.8 Å². The highest BCUT2D eigenvalue weighted by molar-refractivity contribution is 8.00. The fourth-order valence-corrected chi connectivity index (χ4v) is 6.11. The molecule has 1 heterocycles. The molecule has 1 amide bonds. The molecule has 1 aromatic rings. The van der Waals surface area contributed by atoms with Crippen LogP contribution in [0.15, 0.2) is 23.1 Å². The molecule has 1 saturated carbocycles. The molecule has 138 valence electrons. The van der Waals surface area contributed by atoms with E-state index < -0.39 is 10.0 Å². The number of halogens is 1. The second-order valence-electron chi connectivity index (χ2n) is 6.52. The highest BCUT2D eigenvalue weighted by Crippen LogP contribution is 2.31. The summed E-state index contributed by atoms with van der Waals surface area (Å²) in [6.07, 6.45) is 6.58. The van der Waals surface area contributed by atoms with E-state index in [1.165, 1.54) is 48.2 Å². The minimum absolute atomic E-state index is 0.144. The molecule has 0 aromatic heterocycles. The smallest absolute Gasteiger partial charge is 0.243 e. The third-order valence-corrected chi connectivity index (χ3v) is 8.26. The van der Waals surface area contributed by atoms with Crippen molar-refractivity contribution in [2.75, 3.05) is 24.2 Å². The van der Waals surface area contributed by atoms with Crippen molar-refractivity contribution >= 4 is 45.0 Å². The maximum atomic E-state index is 12.6. The number of amides is 1. The zero-order valence-corrected chi connectivity index (χ0v) is 16.4. The van der Waals surface area contributed by atoms with Crippen LogP contribution in [0.1, 0.15) is 38.5 Å². The van der Waals surface area contributed by atoms with Gasteiger partial charge >= 0.3 is 0 Å². The Morgan fingerprint density at radius 1 is 1.20 bits per heavy atom. The van der Waals surface area contributed by atoms with Crippen LogP contribution in [0.25, 0.3) is 0 Å². The van der Waals surface area contributed by atoms with Gasteiger partial charge in [0.05, 0.1) is 21.4 Å². The SMILES string of the molecule is O=C(CSC1CCCC1)Nc1cc(S(=O)(=O)N2CCCC2)ccc1Cl. The molecule has 8 heteroatoms. The fourth-order valence-electron chi connectivity index (χ4n) is 3.27. The Morgan fingerprint density at radius 3 is 2.56 bits per heavy atom. The van der Waals surface area contributed by atoms with Crippen LogP contribution in [0, 0.1) is 0 Å². The Kier molecular flexibility index (Phi) is 6.30. The van der Waals surface area contributed by atoms with Crippen LogP contribution < -0.4 is 5.32 Å². The van der Waals surface area contributed by atoms with E-state index >= 15 is 0 Å². The van der Waals surface area contributed by atoms with Crippen molar-refractivity contribution in [1.29, 1.82) is 0 Å². The number of hydrogen-bond donors (Lipinski definition) is 1. The number of carbonyl (C=O) groups is 1. The molecule has 25 heavy (non-hydrogen) atoms. The molecule has 0 atom stereocenters. The molecule has 1 saturated heterocycles. The molecule has 0 radical (unpaired) electrons. The summed E-state index contributed by atoms with van der Waals surface area (Å²) in [5, 5.41) is 3.67. The Labute approximate surface area is 158 Å². The van der Waals surface area contributed by atoms with Crippen LogP contribution in [-0.4, -0.2) is 42.7 Å². The van der Waals surface area contributed by atoms with Crippen LogP contribution in [0.4, 0.5) is 5.69 Å². The number of benzene rings is 1. The third-order valence-electron chi connectivity index (χ3n) is 4.67. The Balaban J connectivity index is 1.67. The number of anilines is 1. The van der Waals surface area contributed by atoms with Gasteiger partial charge in [0, 0.05) is 18.3 Å². The van der Waals surface area contributed by atoms with Crippen molar-refractivity contribution in [2.24, 2.45) is 0 Å². The molecular formula is C17H23ClN2O3S2. The first-order chi connectivity index (χ1) is 12.0. The lowest BCUT2D eigenvalue weighted by molar-refractivity contribution is -0.113. The van der Waals surface area contributed by atoms with Gasteiger partial charge in [-0.05, 0) is 43.9 Å². The maximum absolute atomic E-state index is 12.6. The zero-order chi connectivity index (χ0) is 17.9. The molecule has 5 nitrogen and oxygen atoms in total. The second-order valence-corrected chi connectivity index (χ2v) is 10.2. The predicted molar refractivity (Wildman–Crippen MR) is 103 cm³/mol. The number of rotatable bonds is 6. The lowest BCUT2D eigenvalue weighted by atomic mass is 10.3. The molecule has 1 aliphatic heterocycles. The van der Waals surface area contributed by atoms with Gasteiger partial charge in [0.25, 0.3) is 0 Å². The average molecular weight is 403 g/mol. The highest BCUT2D eigenvalue weighted by atomic mass is 35.5. The second kappa shape index (κ2) is 8.29. The van der Waals surface area contributed by atoms with Crippen LogP contribution in [-0.2, 0) is 14.8 Å². The molecule has 1 aromatic carbocycles. The Morgan fingerprint density at radius 2 is 1.88 bits per heavy atom. The van der Waals surface area contributed by atoms with Crippen molar-refractivity contribution in [3.05, 3.63) is 23.2 Å². The number of carbonyl (C=O) groups excluding carboxylic acids is 1. The number of sulfonamides is 1. The van der Waals surface area contributed by atoms with Gasteiger partial charge in [0.1, 0.15) is 0 Å². The van der Waals surface area contributed by atoms with Gasteiger partial charge in [-0.25, -0.2) is 8.42 Å². The van der Waals surface area contributed by atoms with E-state index in [1.807, 2.05) is 0 Å². The summed E-state index contributed by atoms with van der Waals surface area (Å²) in [7, 11) is -3.52. The normalized spacial score (nSPS) is 19.4. The molecule has 0 spiro atoms. The van der Waals surface area contributed by atoms with Crippen molar-refractivity contribution in [3.8, 4) is 0 Å². The summed E-state index contributed by atoms with van der Waals surface area (Å²) in [4.78, 5) is 12.4. The quantitative estimate of drug-likeness (QED) is 0.787. The van der Waals surface area contributed by atoms with E-state index in [4.69, 9.17) is 11.6 Å². The summed E-state index contributed by atoms with van der Waals surface area (Å²) in [6, 6.07) is 4.50. The molecule has 0 unspecified atom stereocenters. The molecule has 0 bridgehead atoms. The molecule has 2 aliphatic rings. The van der Waals surface area contributed by atoms with Gasteiger partial charge in [0.2, 0.25) is 15.9 Å². The average Bonchev–Trinajstić information content (AvgIpc) is 3.28. The van der Waals surface area contributed by atoms with E-state index in [9.17, 15) is 13.2 Å². The molecule has 2 fully saturated rings. The van der Waals surface area contributed by atoms with Crippen LogP contribution in [0.5, 0.6) is 0 Å². The minimum Gasteiger partial charge on any atom is -0.324 e. The van der Waals surface area contributed by atoms with Crippen LogP contribution in [0.3, 0.4) is 0 Å². The molecule has 1 N–H and O–H groups in total. The third kappa shape index (κ3) is 4.70. The molecular weight excluding hydrogens is 380 g/mol. The van der Waals surface area contributed by atoms with Crippen molar-refractivity contribution in [3.63, 3.8) is 0 Å². The van der Waals surface area contributed by atoms with Gasteiger partial charge in [-0.2, -0.15) is 4.31 Å². The number of nitrogens with zero attached hydrogens (tertiary/aromatic N) is 1. The molecule has 3 rings (SSSR count). The summed E-state index contributed by atoms with van der Waals surface area (Å²) >= 11 is 7.81. The van der Waals surface area contributed by atoms with Gasteiger partial charge in [-0.3, -0.25) is 4.79 Å². The largest absolute Gasteiger partial charge is 0.324 e. The first-order valence-electron chi connectivity index (χ1n) is 8.68. The molecule has 1 aliphatic carbocycles. The number of thioether (sulfide) groups is 1. The maximum Gasteiger partial charge on any atom is 0.243 e. The van der Waals surface area contributed by atoms with E-state index in [0.29, 0.717) is 34.8 Å². The van der Waals surface area contributed by atoms with Gasteiger partial charge in [0.15, 0.2) is 0 Å². The standard InChI is InChI=1S/C17H23ClN2O3S2/c18-15-8-7-14(25(22,23)20-9-3-4-10-20)11-16(15)19-17(21)12-24-13-5-1-2-6-13/h7-8,11,13H,1-6,9-10,12H2,(H,19,21). The van der Waals surface area contributed by atoms with Gasteiger partial charge in [-0.1, -0.05) is 24.4 Å². The first kappa shape index (κ1) is 19.0. The lowest BCUT2D eigenvalue weighted by Gasteiger charge is -2.17. The predicted octanol–water partition coefficient (Wildman–Crippen LogP) is 3.74. The highest BCUT2D eigenvalue weighted by Gasteiger charge is 2.27. The monoisotopic (exact) mass is 402 g/mol. The summed E-state index contributed by atoms with van der Waals surface area (Å²) < 4.78 is 26.8. The number of hydrogen-bond acceptors (Lipinski definition) is 4. The minimum atomic E-state index is -3.52. The van der Waals surface area contributed by atoms with E-state index in [1.54, 1.807) is 11.8 Å². The summed E-state index contributed by atoms with van der Waals surface area (Å²) in [5.41, 5.74) is 0.360. The Bertz CT molecular complexity index is 727. The topological polar surface area (TPSA) is 66.5 Å². The zero-order valence-electron chi connectivity index (χ0n) is 14.0. The van der Waals surface area contributed by atoms with E-state index in [2.05, 4.69) is 5.32 Å². The van der Waals surface area contributed by atoms with Crippen molar-refractivity contribution in [2.45, 2.75) is 48.7 Å². The van der Waals surface area contributed by atoms with Gasteiger partial charge < -0.3 is 5.32 Å². The van der Waals surface area contributed by atoms with Crippen molar-refractivity contribution in [1.82, 2.24) is 4.31 Å². The first-order valence-corrected chi connectivity index (χ1v) is 11.5. The van der Waals surface area contributed by atoms with Crippen LogP contribution in [0.2, 0.25) is 5.02 Å². The summed E-state index contributed by atoms with van der Waals surface area (Å²) in [6.45, 7) is 1.09. The Hall–Kier alpha value is -0.760.